The Morgan fingerprint density at radius 1 is 1.06 bits per heavy atom. The largest absolute Gasteiger partial charge is 0.619 e. The molecule has 0 bridgehead atoms. The number of thiophene rings is 2. The first kappa shape index (κ1) is 25.6. The van der Waals surface area contributed by atoms with Gasteiger partial charge in [-0.1, -0.05) is 29.3 Å². The van der Waals surface area contributed by atoms with E-state index < -0.39 is 5.91 Å². The Morgan fingerprint density at radius 2 is 1.75 bits per heavy atom. The maximum atomic E-state index is 12.6. The Hall–Kier alpha value is -3.44. The van der Waals surface area contributed by atoms with Crippen molar-refractivity contribution in [2.24, 2.45) is 5.10 Å². The second-order valence-corrected chi connectivity index (χ2v) is 10.3. The van der Waals surface area contributed by atoms with Crippen LogP contribution in [0.5, 0.6) is 5.75 Å². The molecule has 0 aliphatic heterocycles. The molecule has 0 radical (unpaired) electrons. The van der Waals surface area contributed by atoms with Gasteiger partial charge in [0.25, 0.3) is 11.8 Å². The Labute approximate surface area is 224 Å². The topological polar surface area (TPSA) is 118 Å². The normalized spacial score (nSPS) is 11.4. The van der Waals surface area contributed by atoms with Crippen LogP contribution in [0.3, 0.4) is 0 Å². The third-order valence-corrected chi connectivity index (χ3v) is 7.88. The molecule has 184 valence electrons. The van der Waals surface area contributed by atoms with Gasteiger partial charge in [-0.2, -0.15) is 9.83 Å². The summed E-state index contributed by atoms with van der Waals surface area (Å²) in [4.78, 5) is 26.2. The zero-order chi connectivity index (χ0) is 25.8. The highest BCUT2D eigenvalue weighted by Gasteiger charge is 2.17. The highest BCUT2D eigenvalue weighted by molar-refractivity contribution is 7.16. The average molecular weight is 561 g/mol. The number of halogens is 2. The summed E-state index contributed by atoms with van der Waals surface area (Å²) in [5.74, 6) is -0.802. The van der Waals surface area contributed by atoms with E-state index in [1.807, 2.05) is 0 Å². The summed E-state index contributed by atoms with van der Waals surface area (Å²) in [7, 11) is 0. The maximum Gasteiger partial charge on any atom is 0.281 e. The van der Waals surface area contributed by atoms with E-state index >= 15 is 0 Å². The molecule has 12 heteroatoms. The van der Waals surface area contributed by atoms with E-state index in [-0.39, 0.29) is 18.2 Å². The lowest BCUT2D eigenvalue weighted by molar-refractivity contribution is -0.605. The molecule has 1 aromatic carbocycles. The third kappa shape index (κ3) is 5.85. The molecule has 36 heavy (non-hydrogen) atoms. The van der Waals surface area contributed by atoms with E-state index in [9.17, 15) is 19.9 Å². The number of carbonyl (C=O) groups excluding carboxylic acids is 2. The van der Waals surface area contributed by atoms with Crippen LogP contribution in [0.15, 0.2) is 65.3 Å². The molecular weight excluding hydrogens is 543 g/mol. The third-order valence-electron chi connectivity index (χ3n) is 5.04. The van der Waals surface area contributed by atoms with E-state index in [0.29, 0.717) is 46.2 Å². The molecule has 0 aliphatic carbocycles. The molecule has 3 N–H and O–H groups in total. The van der Waals surface area contributed by atoms with Crippen LogP contribution in [0.25, 0.3) is 10.4 Å². The van der Waals surface area contributed by atoms with Crippen molar-refractivity contribution in [2.75, 3.05) is 0 Å². The van der Waals surface area contributed by atoms with Gasteiger partial charge in [-0.05, 0) is 42.3 Å². The molecule has 0 atom stereocenters. The van der Waals surface area contributed by atoms with Crippen molar-refractivity contribution in [3.63, 3.8) is 0 Å². The van der Waals surface area contributed by atoms with Gasteiger partial charge in [0.1, 0.15) is 5.75 Å². The Balaban J connectivity index is 1.39. The van der Waals surface area contributed by atoms with Crippen molar-refractivity contribution in [1.82, 2.24) is 10.7 Å². The summed E-state index contributed by atoms with van der Waals surface area (Å²) >= 11 is 14.4. The molecule has 8 nitrogen and oxygen atoms in total. The highest BCUT2D eigenvalue weighted by Crippen LogP contribution is 2.40. The van der Waals surface area contributed by atoms with Crippen LogP contribution in [0.2, 0.25) is 10.0 Å². The Morgan fingerprint density at radius 3 is 2.44 bits per heavy atom. The summed E-state index contributed by atoms with van der Waals surface area (Å²) in [5, 5.41) is 31.1. The second-order valence-electron chi connectivity index (χ2n) is 7.51. The Bertz CT molecular complexity index is 1470. The predicted molar refractivity (Wildman–Crippen MR) is 142 cm³/mol. The number of hydrogen-bond acceptors (Lipinski definition) is 7. The lowest BCUT2D eigenvalue weighted by Gasteiger charge is -2.04. The van der Waals surface area contributed by atoms with Crippen molar-refractivity contribution in [1.29, 1.82) is 0 Å². The first-order valence-electron chi connectivity index (χ1n) is 10.4. The van der Waals surface area contributed by atoms with Crippen molar-refractivity contribution < 1.29 is 19.4 Å². The van der Waals surface area contributed by atoms with Gasteiger partial charge in [0, 0.05) is 24.1 Å². The number of aromatic hydroxyl groups is 1. The number of pyridine rings is 1. The quantitative estimate of drug-likeness (QED) is 0.124. The maximum absolute atomic E-state index is 12.6. The number of aromatic nitrogens is 1. The standard InChI is InChI=1S/C24H18Cl2N4O4S2/c1-13(16-12-35-22(21(16)31)15-2-3-17(25)18(26)10-15)28-29-24(33)20-5-4-19(36-20)23(32)27-11-14-6-8-30(34)9-7-14/h2-10,12,31H,11H2,1H3,(H,27,32)(H,29,33). The molecule has 2 amide bonds. The van der Waals surface area contributed by atoms with E-state index in [4.69, 9.17) is 23.2 Å². The molecule has 0 aliphatic rings. The van der Waals surface area contributed by atoms with Crippen molar-refractivity contribution >= 4 is 63.4 Å². The molecule has 3 heterocycles. The fraction of sp³-hybridized carbons (Fsp3) is 0.0833. The zero-order valence-electron chi connectivity index (χ0n) is 18.6. The number of carbonyl (C=O) groups is 2. The van der Waals surface area contributed by atoms with E-state index in [0.717, 1.165) is 16.9 Å². The lowest BCUT2D eigenvalue weighted by Crippen LogP contribution is -2.26. The molecule has 0 saturated carbocycles. The first-order valence-corrected chi connectivity index (χ1v) is 12.8. The Kier molecular flexibility index (Phi) is 7.90. The number of nitrogens with one attached hydrogen (secondary N) is 2. The van der Waals surface area contributed by atoms with E-state index in [1.165, 1.54) is 29.8 Å². The molecule has 0 spiro atoms. The van der Waals surface area contributed by atoms with Crippen LogP contribution in [-0.2, 0) is 6.54 Å². The molecule has 4 aromatic rings. The van der Waals surface area contributed by atoms with Crippen LogP contribution in [0.4, 0.5) is 0 Å². The van der Waals surface area contributed by atoms with Gasteiger partial charge in [0.15, 0.2) is 12.4 Å². The average Bonchev–Trinajstić information content (AvgIpc) is 3.51. The van der Waals surface area contributed by atoms with Gasteiger partial charge in [0.05, 0.1) is 36.0 Å². The summed E-state index contributed by atoms with van der Waals surface area (Å²) in [5.41, 5.74) is 4.81. The molecule has 3 aromatic heterocycles. The minimum atomic E-state index is -0.485. The zero-order valence-corrected chi connectivity index (χ0v) is 21.8. The minimum absolute atomic E-state index is 0.0208. The highest BCUT2D eigenvalue weighted by atomic mass is 35.5. The number of hydrazone groups is 1. The number of hydrogen-bond donors (Lipinski definition) is 3. The SMILES string of the molecule is CC(=NNC(=O)c1ccc(C(=O)NCc2cc[n+]([O-])cc2)s1)c1csc(-c2ccc(Cl)c(Cl)c2)c1O. The van der Waals surface area contributed by atoms with Crippen LogP contribution in [0, 0.1) is 5.21 Å². The minimum Gasteiger partial charge on any atom is -0.619 e. The van der Waals surface area contributed by atoms with Gasteiger partial charge in [-0.3, -0.25) is 9.59 Å². The summed E-state index contributed by atoms with van der Waals surface area (Å²) < 4.78 is 0.661. The summed E-state index contributed by atoms with van der Waals surface area (Å²) in [6, 6.07) is 11.4. The number of benzene rings is 1. The smallest absolute Gasteiger partial charge is 0.281 e. The van der Waals surface area contributed by atoms with Crippen LogP contribution in [-0.4, -0.2) is 22.6 Å². The van der Waals surface area contributed by atoms with Gasteiger partial charge < -0.3 is 15.6 Å². The lowest BCUT2D eigenvalue weighted by atomic mass is 10.1. The molecular formula is C24H18Cl2N4O4S2. The van der Waals surface area contributed by atoms with Crippen LogP contribution < -0.4 is 15.5 Å². The fourth-order valence-electron chi connectivity index (χ4n) is 3.11. The van der Waals surface area contributed by atoms with E-state index in [1.54, 1.807) is 48.7 Å². The molecule has 4 rings (SSSR count). The van der Waals surface area contributed by atoms with Gasteiger partial charge >= 0.3 is 0 Å². The molecule has 0 unspecified atom stereocenters. The molecule has 0 fully saturated rings. The van der Waals surface area contributed by atoms with Crippen molar-refractivity contribution in [2.45, 2.75) is 13.5 Å². The van der Waals surface area contributed by atoms with Gasteiger partial charge in [-0.25, -0.2) is 5.43 Å². The van der Waals surface area contributed by atoms with Crippen molar-refractivity contribution in [3.8, 4) is 16.2 Å². The number of nitrogens with zero attached hydrogens (tertiary/aromatic N) is 2. The van der Waals surface area contributed by atoms with Crippen molar-refractivity contribution in [3.05, 3.63) is 96.4 Å². The fourth-order valence-corrected chi connectivity index (χ4v) is 5.23. The molecule has 0 saturated heterocycles. The van der Waals surface area contributed by atoms with Crippen LogP contribution in [0.1, 0.15) is 37.4 Å². The number of rotatable bonds is 7. The summed E-state index contributed by atoms with van der Waals surface area (Å²) in [6.07, 6.45) is 2.70. The van der Waals surface area contributed by atoms with E-state index in [2.05, 4.69) is 15.8 Å². The predicted octanol–water partition coefficient (Wildman–Crippen LogP) is 5.21. The first-order chi connectivity index (χ1) is 17.2. The van der Waals surface area contributed by atoms with Gasteiger partial charge in [0.2, 0.25) is 0 Å². The van der Waals surface area contributed by atoms with Gasteiger partial charge in [-0.15, -0.1) is 22.7 Å². The number of amides is 2. The summed E-state index contributed by atoms with van der Waals surface area (Å²) in [6.45, 7) is 1.91. The monoisotopic (exact) mass is 560 g/mol. The van der Waals surface area contributed by atoms with Crippen LogP contribution >= 0.6 is 45.9 Å². The second kappa shape index (κ2) is 11.1.